The molecule has 0 unspecified atom stereocenters. The van der Waals surface area contributed by atoms with Crippen LogP contribution in [0.25, 0.3) is 0 Å². The number of benzene rings is 1. The zero-order chi connectivity index (χ0) is 12.4. The lowest BCUT2D eigenvalue weighted by Gasteiger charge is -2.15. The fourth-order valence-corrected chi connectivity index (χ4v) is 2.23. The molecule has 0 radical (unpaired) electrons. The first kappa shape index (κ1) is 12.2. The number of carbonyl (C=O) groups is 1. The van der Waals surface area contributed by atoms with E-state index in [2.05, 4.69) is 21.2 Å². The summed E-state index contributed by atoms with van der Waals surface area (Å²) in [6.45, 7) is 1.37. The van der Waals surface area contributed by atoms with Gasteiger partial charge in [0.05, 0.1) is 18.2 Å². The molecule has 4 N–H and O–H groups in total. The predicted molar refractivity (Wildman–Crippen MR) is 68.4 cm³/mol. The molecule has 1 heterocycles. The first-order valence-electron chi connectivity index (χ1n) is 5.24. The molecular weight excluding hydrogens is 288 g/mol. The molecule has 6 heteroatoms. The standard InChI is InChI=1S/C11H13BrN2O3/c12-8-4-9(13)7(11(15)16)3-10(8)14-6-1-2-17-5-6/h3-4,6,14H,1-2,5,13H2,(H,15,16)/t6-/m0/s1. The van der Waals surface area contributed by atoms with Crippen molar-refractivity contribution in [3.63, 3.8) is 0 Å². The molecule has 1 atom stereocenters. The first-order valence-corrected chi connectivity index (χ1v) is 6.04. The number of ether oxygens (including phenoxy) is 1. The third kappa shape index (κ3) is 2.70. The minimum absolute atomic E-state index is 0.106. The summed E-state index contributed by atoms with van der Waals surface area (Å²) in [4.78, 5) is 11.0. The Bertz CT molecular complexity index is 445. The predicted octanol–water partition coefficient (Wildman–Crippen LogP) is 1.93. The number of halogens is 1. The van der Waals surface area contributed by atoms with Gasteiger partial charge in [-0.1, -0.05) is 0 Å². The maximum atomic E-state index is 11.0. The van der Waals surface area contributed by atoms with E-state index in [1.165, 1.54) is 0 Å². The normalized spacial score (nSPS) is 19.2. The smallest absolute Gasteiger partial charge is 0.337 e. The lowest BCUT2D eigenvalue weighted by Crippen LogP contribution is -2.19. The summed E-state index contributed by atoms with van der Waals surface area (Å²) in [5.74, 6) is -1.03. The fourth-order valence-electron chi connectivity index (χ4n) is 1.75. The summed E-state index contributed by atoms with van der Waals surface area (Å²) < 4.78 is 6.01. The number of nitrogens with two attached hydrogens (primary N) is 1. The van der Waals surface area contributed by atoms with Crippen LogP contribution in [0.5, 0.6) is 0 Å². The van der Waals surface area contributed by atoms with E-state index in [-0.39, 0.29) is 17.3 Å². The average Bonchev–Trinajstić information content (AvgIpc) is 2.74. The van der Waals surface area contributed by atoms with Crippen molar-refractivity contribution in [2.45, 2.75) is 12.5 Å². The van der Waals surface area contributed by atoms with E-state index in [0.717, 1.165) is 23.2 Å². The minimum Gasteiger partial charge on any atom is -0.478 e. The average molecular weight is 301 g/mol. The SMILES string of the molecule is Nc1cc(Br)c(N[C@H]2CCOC2)cc1C(=O)O. The van der Waals surface area contributed by atoms with Gasteiger partial charge in [-0.2, -0.15) is 0 Å². The Labute approximate surface area is 107 Å². The van der Waals surface area contributed by atoms with Crippen LogP contribution in [0, 0.1) is 0 Å². The van der Waals surface area contributed by atoms with Crippen molar-refractivity contribution < 1.29 is 14.6 Å². The molecule has 1 aliphatic heterocycles. The number of nitrogen functional groups attached to an aromatic ring is 1. The molecule has 0 spiro atoms. The highest BCUT2D eigenvalue weighted by Gasteiger charge is 2.18. The zero-order valence-corrected chi connectivity index (χ0v) is 10.7. The molecule has 5 nitrogen and oxygen atoms in total. The summed E-state index contributed by atoms with van der Waals surface area (Å²) in [5.41, 5.74) is 6.72. The van der Waals surface area contributed by atoms with Gasteiger partial charge in [0.1, 0.15) is 0 Å². The second-order valence-electron chi connectivity index (χ2n) is 3.93. The Morgan fingerprint density at radius 1 is 1.59 bits per heavy atom. The summed E-state index contributed by atoms with van der Waals surface area (Å²) in [7, 11) is 0. The number of carboxylic acids is 1. The largest absolute Gasteiger partial charge is 0.478 e. The van der Waals surface area contributed by atoms with Crippen molar-refractivity contribution in [3.05, 3.63) is 22.2 Å². The summed E-state index contributed by atoms with van der Waals surface area (Å²) in [5, 5.41) is 12.2. The Kier molecular flexibility index (Phi) is 3.54. The van der Waals surface area contributed by atoms with Crippen LogP contribution in [0.15, 0.2) is 16.6 Å². The summed E-state index contributed by atoms with van der Waals surface area (Å²) >= 11 is 3.36. The number of aromatic carboxylic acids is 1. The second kappa shape index (κ2) is 4.93. The van der Waals surface area contributed by atoms with Gasteiger partial charge in [0.25, 0.3) is 0 Å². The van der Waals surface area contributed by atoms with Crippen molar-refractivity contribution in [2.24, 2.45) is 0 Å². The summed E-state index contributed by atoms with van der Waals surface area (Å²) in [6.07, 6.45) is 0.916. The molecule has 1 aromatic rings. The van der Waals surface area contributed by atoms with Crippen LogP contribution in [-0.4, -0.2) is 30.3 Å². The fraction of sp³-hybridized carbons (Fsp3) is 0.364. The van der Waals surface area contributed by atoms with Gasteiger partial charge in [0.15, 0.2) is 0 Å². The molecule has 0 bridgehead atoms. The van der Waals surface area contributed by atoms with E-state index in [0.29, 0.717) is 6.61 Å². The van der Waals surface area contributed by atoms with E-state index in [1.54, 1.807) is 12.1 Å². The topological polar surface area (TPSA) is 84.6 Å². The Morgan fingerprint density at radius 3 is 2.94 bits per heavy atom. The van der Waals surface area contributed by atoms with Gasteiger partial charge in [-0.05, 0) is 34.5 Å². The lowest BCUT2D eigenvalue weighted by molar-refractivity contribution is 0.0698. The molecule has 1 aromatic carbocycles. The van der Waals surface area contributed by atoms with E-state index in [1.807, 2.05) is 0 Å². The van der Waals surface area contributed by atoms with Gasteiger partial charge in [-0.15, -0.1) is 0 Å². The van der Waals surface area contributed by atoms with Crippen LogP contribution < -0.4 is 11.1 Å². The van der Waals surface area contributed by atoms with Gasteiger partial charge in [-0.3, -0.25) is 0 Å². The van der Waals surface area contributed by atoms with E-state index >= 15 is 0 Å². The highest BCUT2D eigenvalue weighted by Crippen LogP contribution is 2.29. The maximum absolute atomic E-state index is 11.0. The van der Waals surface area contributed by atoms with Crippen LogP contribution >= 0.6 is 15.9 Å². The molecule has 1 saturated heterocycles. The van der Waals surface area contributed by atoms with Crippen LogP contribution in [0.4, 0.5) is 11.4 Å². The van der Waals surface area contributed by atoms with Crippen LogP contribution in [0.2, 0.25) is 0 Å². The zero-order valence-electron chi connectivity index (χ0n) is 9.07. The van der Waals surface area contributed by atoms with Crippen molar-refractivity contribution in [1.82, 2.24) is 0 Å². The Balaban J connectivity index is 2.26. The monoisotopic (exact) mass is 300 g/mol. The van der Waals surface area contributed by atoms with Gasteiger partial charge in [0.2, 0.25) is 0 Å². The third-order valence-electron chi connectivity index (χ3n) is 2.66. The quantitative estimate of drug-likeness (QED) is 0.743. The number of anilines is 2. The Hall–Kier alpha value is -1.27. The highest BCUT2D eigenvalue weighted by molar-refractivity contribution is 9.10. The molecule has 0 saturated carbocycles. The van der Waals surface area contributed by atoms with Crippen molar-refractivity contribution >= 4 is 33.3 Å². The molecule has 0 aliphatic carbocycles. The third-order valence-corrected chi connectivity index (χ3v) is 3.32. The molecule has 0 amide bonds. The van der Waals surface area contributed by atoms with Crippen LogP contribution in [0.1, 0.15) is 16.8 Å². The van der Waals surface area contributed by atoms with Gasteiger partial charge in [-0.25, -0.2) is 4.79 Å². The van der Waals surface area contributed by atoms with E-state index < -0.39 is 5.97 Å². The molecule has 1 fully saturated rings. The van der Waals surface area contributed by atoms with Crippen LogP contribution in [0.3, 0.4) is 0 Å². The Morgan fingerprint density at radius 2 is 2.35 bits per heavy atom. The van der Waals surface area contributed by atoms with E-state index in [4.69, 9.17) is 15.6 Å². The first-order chi connectivity index (χ1) is 8.08. The molecule has 2 rings (SSSR count). The number of rotatable bonds is 3. The van der Waals surface area contributed by atoms with Gasteiger partial charge < -0.3 is 20.9 Å². The number of hydrogen-bond donors (Lipinski definition) is 3. The van der Waals surface area contributed by atoms with Crippen LogP contribution in [-0.2, 0) is 4.74 Å². The molecular formula is C11H13BrN2O3. The number of hydrogen-bond acceptors (Lipinski definition) is 4. The highest BCUT2D eigenvalue weighted by atomic mass is 79.9. The van der Waals surface area contributed by atoms with E-state index in [9.17, 15) is 4.79 Å². The molecule has 17 heavy (non-hydrogen) atoms. The van der Waals surface area contributed by atoms with Crippen molar-refractivity contribution in [2.75, 3.05) is 24.3 Å². The molecule has 1 aliphatic rings. The van der Waals surface area contributed by atoms with Crippen molar-refractivity contribution in [1.29, 1.82) is 0 Å². The molecule has 0 aromatic heterocycles. The second-order valence-corrected chi connectivity index (χ2v) is 4.78. The number of carboxylic acid groups (broad SMARTS) is 1. The summed E-state index contributed by atoms with van der Waals surface area (Å²) in [6, 6.07) is 3.36. The lowest BCUT2D eigenvalue weighted by atomic mass is 10.1. The molecule has 92 valence electrons. The van der Waals surface area contributed by atoms with Gasteiger partial charge in [0, 0.05) is 22.5 Å². The minimum atomic E-state index is -1.03. The van der Waals surface area contributed by atoms with Crippen molar-refractivity contribution in [3.8, 4) is 0 Å². The maximum Gasteiger partial charge on any atom is 0.337 e. The number of nitrogens with one attached hydrogen (secondary N) is 1. The van der Waals surface area contributed by atoms with Gasteiger partial charge >= 0.3 is 5.97 Å².